The Hall–Kier alpha value is -1.54. The van der Waals surface area contributed by atoms with Crippen molar-refractivity contribution in [2.75, 3.05) is 5.32 Å². The zero-order valence-corrected chi connectivity index (χ0v) is 18.0. The van der Waals surface area contributed by atoms with Crippen LogP contribution in [-0.4, -0.2) is 5.11 Å². The van der Waals surface area contributed by atoms with Gasteiger partial charge in [0.1, 0.15) is 4.21 Å². The molecule has 1 aromatic carbocycles. The molecular weight excluding hydrogens is 393 g/mol. The Morgan fingerprint density at radius 3 is 2.18 bits per heavy atom. The number of fused-ring (bicyclic) bond motifs is 2. The first-order valence-electron chi connectivity index (χ1n) is 9.46. The Labute approximate surface area is 174 Å². The molecule has 0 atom stereocenters. The molecule has 0 bridgehead atoms. The average Bonchev–Trinajstić information content (AvgIpc) is 3.32. The number of halogens is 1. The van der Waals surface area contributed by atoms with Gasteiger partial charge in [0.15, 0.2) is 5.82 Å². The Morgan fingerprint density at radius 1 is 1.21 bits per heavy atom. The standard InChI is InChI=1S/C14H18N2.C7H10FNOS2/c1-9(15)16-14-12-6-2-4-10(12)8-11-5-3-7-13(11)14;1-7(2,10)4-3-11-6(12-9)5(4)8/h8,16H,1-7,15H2;3,10H,9H2,1-2H3. The summed E-state index contributed by atoms with van der Waals surface area (Å²) < 4.78 is 13.7. The van der Waals surface area contributed by atoms with E-state index in [1.54, 1.807) is 19.2 Å². The molecule has 4 nitrogen and oxygen atoms in total. The lowest BCUT2D eigenvalue weighted by Gasteiger charge is -2.16. The van der Waals surface area contributed by atoms with Crippen LogP contribution in [0.4, 0.5) is 10.1 Å². The van der Waals surface area contributed by atoms with Gasteiger partial charge in [-0.3, -0.25) is 5.14 Å². The zero-order chi connectivity index (χ0) is 20.5. The summed E-state index contributed by atoms with van der Waals surface area (Å²) in [7, 11) is 0. The number of hydrogen-bond acceptors (Lipinski definition) is 6. The minimum Gasteiger partial charge on any atom is -0.386 e. The lowest BCUT2D eigenvalue weighted by molar-refractivity contribution is 0.0748. The minimum atomic E-state index is -1.13. The van der Waals surface area contributed by atoms with Crippen molar-refractivity contribution in [1.29, 1.82) is 0 Å². The van der Waals surface area contributed by atoms with E-state index in [0.717, 1.165) is 11.9 Å². The van der Waals surface area contributed by atoms with Crippen molar-refractivity contribution >= 4 is 29.0 Å². The average molecular weight is 422 g/mol. The summed E-state index contributed by atoms with van der Waals surface area (Å²) >= 11 is 2.07. The molecule has 2 aromatic rings. The van der Waals surface area contributed by atoms with Gasteiger partial charge in [0.05, 0.1) is 11.4 Å². The van der Waals surface area contributed by atoms with Gasteiger partial charge in [0.2, 0.25) is 0 Å². The summed E-state index contributed by atoms with van der Waals surface area (Å²) in [6, 6.07) is 2.43. The lowest BCUT2D eigenvalue weighted by atomic mass is 9.99. The molecule has 0 unspecified atom stereocenters. The fraction of sp³-hybridized carbons (Fsp3) is 0.429. The quantitative estimate of drug-likeness (QED) is 0.543. The van der Waals surface area contributed by atoms with Gasteiger partial charge in [-0.2, -0.15) is 0 Å². The molecular formula is C21H28FN3OS2. The Morgan fingerprint density at radius 2 is 1.79 bits per heavy atom. The number of thiophene rings is 1. The molecule has 0 radical (unpaired) electrons. The highest BCUT2D eigenvalue weighted by Gasteiger charge is 2.25. The van der Waals surface area contributed by atoms with Crippen LogP contribution in [0.2, 0.25) is 0 Å². The third kappa shape index (κ3) is 4.38. The maximum absolute atomic E-state index is 13.3. The van der Waals surface area contributed by atoms with Gasteiger partial charge in [0.25, 0.3) is 0 Å². The number of aliphatic hydroxyl groups is 1. The largest absolute Gasteiger partial charge is 0.386 e. The predicted octanol–water partition coefficient (Wildman–Crippen LogP) is 4.59. The number of anilines is 1. The second-order valence-corrected chi connectivity index (χ2v) is 9.59. The maximum atomic E-state index is 13.3. The van der Waals surface area contributed by atoms with Crippen LogP contribution in [-0.2, 0) is 31.3 Å². The molecule has 1 heterocycles. The fourth-order valence-electron chi connectivity index (χ4n) is 3.95. The van der Waals surface area contributed by atoms with Crippen molar-refractivity contribution in [3.8, 4) is 0 Å². The molecule has 28 heavy (non-hydrogen) atoms. The molecule has 0 saturated carbocycles. The van der Waals surface area contributed by atoms with E-state index >= 15 is 0 Å². The summed E-state index contributed by atoms with van der Waals surface area (Å²) in [5.41, 5.74) is 12.2. The first-order valence-corrected chi connectivity index (χ1v) is 11.2. The fourth-order valence-corrected chi connectivity index (χ4v) is 5.36. The second-order valence-electron chi connectivity index (χ2n) is 7.81. The molecule has 152 valence electrons. The summed E-state index contributed by atoms with van der Waals surface area (Å²) in [5.74, 6) is 0.161. The van der Waals surface area contributed by atoms with Crippen LogP contribution in [0.15, 0.2) is 28.1 Å². The predicted molar refractivity (Wildman–Crippen MR) is 117 cm³/mol. The van der Waals surface area contributed by atoms with Gasteiger partial charge in [-0.1, -0.05) is 12.6 Å². The van der Waals surface area contributed by atoms with E-state index in [1.807, 2.05) is 0 Å². The summed E-state index contributed by atoms with van der Waals surface area (Å²) in [5, 5.41) is 19.6. The van der Waals surface area contributed by atoms with Gasteiger partial charge >= 0.3 is 0 Å². The van der Waals surface area contributed by atoms with Crippen molar-refractivity contribution in [2.24, 2.45) is 10.9 Å². The lowest BCUT2D eigenvalue weighted by Crippen LogP contribution is -2.16. The van der Waals surface area contributed by atoms with E-state index in [-0.39, 0.29) is 0 Å². The van der Waals surface area contributed by atoms with Gasteiger partial charge < -0.3 is 16.2 Å². The normalized spacial score (nSPS) is 14.9. The highest BCUT2D eigenvalue weighted by molar-refractivity contribution is 7.99. The molecule has 0 spiro atoms. The molecule has 4 rings (SSSR count). The van der Waals surface area contributed by atoms with Crippen LogP contribution >= 0.6 is 23.3 Å². The maximum Gasteiger partial charge on any atom is 0.154 e. The van der Waals surface area contributed by atoms with Crippen LogP contribution in [0.5, 0.6) is 0 Å². The van der Waals surface area contributed by atoms with Crippen molar-refractivity contribution in [3.05, 3.63) is 57.5 Å². The Kier molecular flexibility index (Phi) is 6.39. The Bertz CT molecular complexity index is 855. The van der Waals surface area contributed by atoms with E-state index in [1.165, 1.54) is 77.8 Å². The van der Waals surface area contributed by atoms with Gasteiger partial charge in [-0.05, 0) is 86.6 Å². The van der Waals surface area contributed by atoms with Crippen molar-refractivity contribution in [2.45, 2.75) is 62.2 Å². The van der Waals surface area contributed by atoms with Crippen LogP contribution in [0.1, 0.15) is 54.5 Å². The number of rotatable bonds is 4. The van der Waals surface area contributed by atoms with Crippen LogP contribution < -0.4 is 16.2 Å². The van der Waals surface area contributed by atoms with Crippen molar-refractivity contribution in [1.82, 2.24) is 0 Å². The molecule has 7 heteroatoms. The van der Waals surface area contributed by atoms with E-state index in [4.69, 9.17) is 10.9 Å². The monoisotopic (exact) mass is 421 g/mol. The molecule has 0 saturated heterocycles. The number of nitrogens with one attached hydrogen (secondary N) is 1. The van der Waals surface area contributed by atoms with Crippen molar-refractivity contribution in [3.63, 3.8) is 0 Å². The van der Waals surface area contributed by atoms with Crippen LogP contribution in [0, 0.1) is 5.82 Å². The molecule has 0 aliphatic heterocycles. The van der Waals surface area contributed by atoms with Gasteiger partial charge in [-0.25, -0.2) is 4.39 Å². The van der Waals surface area contributed by atoms with Gasteiger partial charge in [0, 0.05) is 16.6 Å². The molecule has 1 aromatic heterocycles. The van der Waals surface area contributed by atoms with E-state index in [2.05, 4.69) is 18.0 Å². The minimum absolute atomic E-state index is 0.306. The van der Waals surface area contributed by atoms with Crippen molar-refractivity contribution < 1.29 is 9.50 Å². The van der Waals surface area contributed by atoms with E-state index in [0.29, 0.717) is 15.6 Å². The second kappa shape index (κ2) is 8.45. The first kappa shape index (κ1) is 21.2. The summed E-state index contributed by atoms with van der Waals surface area (Å²) in [4.78, 5) is 0. The zero-order valence-electron chi connectivity index (χ0n) is 16.4. The molecule has 0 fully saturated rings. The number of nitrogens with two attached hydrogens (primary N) is 2. The third-order valence-electron chi connectivity index (χ3n) is 5.22. The van der Waals surface area contributed by atoms with Crippen LogP contribution in [0.25, 0.3) is 0 Å². The smallest absolute Gasteiger partial charge is 0.154 e. The molecule has 2 aliphatic rings. The number of benzene rings is 1. The highest BCUT2D eigenvalue weighted by atomic mass is 32.2. The third-order valence-corrected chi connectivity index (χ3v) is 6.94. The van der Waals surface area contributed by atoms with Crippen LogP contribution in [0.3, 0.4) is 0 Å². The molecule has 2 aliphatic carbocycles. The summed E-state index contributed by atoms with van der Waals surface area (Å²) in [6.45, 7) is 6.86. The SMILES string of the molecule is C=C(N)Nc1c2c(cc3c1CCC3)CCC2.CC(C)(O)c1csc(SN)c1F. The van der Waals surface area contributed by atoms with E-state index < -0.39 is 11.4 Å². The molecule has 0 amide bonds. The highest BCUT2D eigenvalue weighted by Crippen LogP contribution is 2.38. The first-order chi connectivity index (χ1) is 13.2. The Balaban J connectivity index is 0.000000169. The topological polar surface area (TPSA) is 84.3 Å². The number of hydrogen-bond donors (Lipinski definition) is 4. The van der Waals surface area contributed by atoms with Gasteiger partial charge in [-0.15, -0.1) is 11.3 Å². The summed E-state index contributed by atoms with van der Waals surface area (Å²) in [6.07, 6.45) is 7.41. The van der Waals surface area contributed by atoms with E-state index in [9.17, 15) is 9.50 Å². The number of aryl methyl sites for hydroxylation is 2. The molecule has 6 N–H and O–H groups in total.